The second-order valence-electron chi connectivity index (χ2n) is 3.55. The summed E-state index contributed by atoms with van der Waals surface area (Å²) < 4.78 is 0. The molecule has 0 aliphatic rings. The number of H-pyrrole nitrogens is 1. The van der Waals surface area contributed by atoms with Gasteiger partial charge in [-0.15, -0.1) is 0 Å². The normalized spacial score (nSPS) is 10.8. The van der Waals surface area contributed by atoms with Gasteiger partial charge in [0.2, 0.25) is 0 Å². The smallest absolute Gasteiger partial charge is 0.125 e. The van der Waals surface area contributed by atoms with Gasteiger partial charge in [0, 0.05) is 5.39 Å². The van der Waals surface area contributed by atoms with Gasteiger partial charge in [-0.05, 0) is 18.2 Å². The predicted molar refractivity (Wildman–Crippen MR) is 62.0 cm³/mol. The molecule has 0 atom stereocenters. The number of aromatic hydroxyl groups is 1. The van der Waals surface area contributed by atoms with Crippen LogP contribution in [0.25, 0.3) is 22.2 Å². The molecule has 0 bridgehead atoms. The minimum absolute atomic E-state index is 0.194. The molecule has 0 spiro atoms. The molecular weight excluding hydrogens is 200 g/mol. The summed E-state index contributed by atoms with van der Waals surface area (Å²) in [5, 5.41) is 17.9. The van der Waals surface area contributed by atoms with Crippen molar-refractivity contribution in [1.29, 1.82) is 0 Å². The zero-order chi connectivity index (χ0) is 11.0. The van der Waals surface area contributed by atoms with Crippen molar-refractivity contribution in [2.45, 2.75) is 0 Å². The van der Waals surface area contributed by atoms with Gasteiger partial charge in [-0.2, -0.15) is 5.10 Å². The van der Waals surface area contributed by atoms with Crippen LogP contribution in [-0.2, 0) is 0 Å². The highest BCUT2D eigenvalue weighted by Crippen LogP contribution is 2.31. The van der Waals surface area contributed by atoms with E-state index in [2.05, 4.69) is 16.3 Å². The monoisotopic (exact) mass is 209 g/mol. The minimum atomic E-state index is 0.194. The number of hydrogen-bond donors (Lipinski definition) is 2. The van der Waals surface area contributed by atoms with E-state index in [0.29, 0.717) is 5.56 Å². The molecule has 2 N–H and O–H groups in total. The van der Waals surface area contributed by atoms with Crippen molar-refractivity contribution in [3.8, 4) is 17.0 Å². The van der Waals surface area contributed by atoms with Gasteiger partial charge < -0.3 is 5.11 Å². The van der Waals surface area contributed by atoms with E-state index in [0.717, 1.165) is 16.6 Å². The predicted octanol–water partition coefficient (Wildman–Crippen LogP) is 2.74. The maximum Gasteiger partial charge on any atom is 0.125 e. The topological polar surface area (TPSA) is 48.9 Å². The molecule has 1 radical (unpaired) electrons. The Bertz CT molecular complexity index is 643. The zero-order valence-corrected chi connectivity index (χ0v) is 8.44. The van der Waals surface area contributed by atoms with Gasteiger partial charge in [-0.3, -0.25) is 5.10 Å². The Kier molecular flexibility index (Phi) is 1.90. The fraction of sp³-hybridized carbons (Fsp3) is 0. The van der Waals surface area contributed by atoms with Gasteiger partial charge in [-0.1, -0.05) is 30.3 Å². The van der Waals surface area contributed by atoms with Crippen molar-refractivity contribution in [2.24, 2.45) is 0 Å². The summed E-state index contributed by atoms with van der Waals surface area (Å²) in [6.45, 7) is 0. The second kappa shape index (κ2) is 3.38. The van der Waals surface area contributed by atoms with Gasteiger partial charge >= 0.3 is 0 Å². The van der Waals surface area contributed by atoms with Crippen LogP contribution in [-0.4, -0.2) is 15.3 Å². The standard InChI is InChI=1S/C13H9N2O/c16-12-8-4-2-6-10(12)13-9-5-1-3-7-11(9)14-15-13/h1-5,7-8,16H,(H,14,15). The van der Waals surface area contributed by atoms with E-state index >= 15 is 0 Å². The van der Waals surface area contributed by atoms with Crippen LogP contribution in [0.2, 0.25) is 0 Å². The van der Waals surface area contributed by atoms with Crippen LogP contribution in [0.1, 0.15) is 0 Å². The molecular formula is C13H9N2O. The van der Waals surface area contributed by atoms with E-state index in [1.165, 1.54) is 0 Å². The van der Waals surface area contributed by atoms with E-state index in [-0.39, 0.29) is 5.75 Å². The van der Waals surface area contributed by atoms with E-state index in [9.17, 15) is 5.11 Å². The van der Waals surface area contributed by atoms with Crippen molar-refractivity contribution in [1.82, 2.24) is 10.2 Å². The van der Waals surface area contributed by atoms with Crippen LogP contribution < -0.4 is 0 Å². The fourth-order valence-corrected chi connectivity index (χ4v) is 1.77. The van der Waals surface area contributed by atoms with Crippen molar-refractivity contribution in [2.75, 3.05) is 0 Å². The molecule has 2 aromatic carbocycles. The molecule has 0 amide bonds. The third kappa shape index (κ3) is 1.26. The average molecular weight is 209 g/mol. The number of benzene rings is 2. The van der Waals surface area contributed by atoms with Crippen molar-refractivity contribution >= 4 is 10.9 Å². The maximum absolute atomic E-state index is 9.76. The number of fused-ring (bicyclic) bond motifs is 1. The van der Waals surface area contributed by atoms with Crippen molar-refractivity contribution in [3.05, 3.63) is 48.5 Å². The molecule has 1 aromatic heterocycles. The Balaban J connectivity index is 2.31. The molecule has 0 saturated carbocycles. The molecule has 16 heavy (non-hydrogen) atoms. The summed E-state index contributed by atoms with van der Waals surface area (Å²) in [6.07, 6.45) is 0. The van der Waals surface area contributed by atoms with Crippen LogP contribution in [0.3, 0.4) is 0 Å². The van der Waals surface area contributed by atoms with Crippen LogP contribution in [0, 0.1) is 6.07 Å². The number of phenols is 1. The Hall–Kier alpha value is -2.29. The number of aromatic nitrogens is 2. The number of nitrogens with one attached hydrogen (secondary N) is 1. The number of para-hydroxylation sites is 1. The SMILES string of the molecule is Oc1ccc[c]c1-c1n[nH]c2ccccc12. The van der Waals surface area contributed by atoms with E-state index in [1.54, 1.807) is 18.2 Å². The van der Waals surface area contributed by atoms with E-state index in [1.807, 2.05) is 24.3 Å². The van der Waals surface area contributed by atoms with E-state index in [4.69, 9.17) is 0 Å². The summed E-state index contributed by atoms with van der Waals surface area (Å²) >= 11 is 0. The second-order valence-corrected chi connectivity index (χ2v) is 3.55. The van der Waals surface area contributed by atoms with Crippen molar-refractivity contribution < 1.29 is 5.11 Å². The van der Waals surface area contributed by atoms with Crippen LogP contribution >= 0.6 is 0 Å². The molecule has 0 unspecified atom stereocenters. The first-order chi connectivity index (χ1) is 7.86. The van der Waals surface area contributed by atoms with Crippen LogP contribution in [0.5, 0.6) is 5.75 Å². The molecule has 3 nitrogen and oxygen atoms in total. The first kappa shape index (κ1) is 8.97. The Labute approximate surface area is 92.4 Å². The molecule has 0 fully saturated rings. The number of nitrogens with zero attached hydrogens (tertiary/aromatic N) is 1. The average Bonchev–Trinajstić information content (AvgIpc) is 2.74. The number of aromatic amines is 1. The third-order valence-corrected chi connectivity index (χ3v) is 2.54. The fourth-order valence-electron chi connectivity index (χ4n) is 1.77. The van der Waals surface area contributed by atoms with Gasteiger partial charge in [0.25, 0.3) is 0 Å². The molecule has 77 valence electrons. The Morgan fingerprint density at radius 1 is 1.12 bits per heavy atom. The maximum atomic E-state index is 9.76. The molecule has 0 aliphatic carbocycles. The lowest BCUT2D eigenvalue weighted by atomic mass is 10.1. The summed E-state index contributed by atoms with van der Waals surface area (Å²) in [7, 11) is 0. The molecule has 3 aromatic rings. The first-order valence-corrected chi connectivity index (χ1v) is 4.99. The molecule has 0 saturated heterocycles. The molecule has 3 rings (SSSR count). The molecule has 3 heteroatoms. The van der Waals surface area contributed by atoms with Crippen LogP contribution in [0.4, 0.5) is 0 Å². The summed E-state index contributed by atoms with van der Waals surface area (Å²) in [5.41, 5.74) is 2.31. The lowest BCUT2D eigenvalue weighted by Gasteiger charge is -1.99. The Morgan fingerprint density at radius 3 is 2.88 bits per heavy atom. The van der Waals surface area contributed by atoms with Gasteiger partial charge in [0.15, 0.2) is 0 Å². The van der Waals surface area contributed by atoms with Crippen LogP contribution in [0.15, 0.2) is 42.5 Å². The largest absolute Gasteiger partial charge is 0.507 e. The quantitative estimate of drug-likeness (QED) is 0.647. The Morgan fingerprint density at radius 2 is 2.00 bits per heavy atom. The lowest BCUT2D eigenvalue weighted by molar-refractivity contribution is 0.477. The molecule has 0 aliphatic heterocycles. The lowest BCUT2D eigenvalue weighted by Crippen LogP contribution is -1.79. The summed E-state index contributed by atoms with van der Waals surface area (Å²) in [5.74, 6) is 0.194. The highest BCUT2D eigenvalue weighted by atomic mass is 16.3. The summed E-state index contributed by atoms with van der Waals surface area (Å²) in [4.78, 5) is 0. The number of rotatable bonds is 1. The van der Waals surface area contributed by atoms with Gasteiger partial charge in [0.1, 0.15) is 11.4 Å². The minimum Gasteiger partial charge on any atom is -0.507 e. The zero-order valence-electron chi connectivity index (χ0n) is 8.44. The highest BCUT2D eigenvalue weighted by molar-refractivity contribution is 5.93. The first-order valence-electron chi connectivity index (χ1n) is 4.99. The highest BCUT2D eigenvalue weighted by Gasteiger charge is 2.10. The third-order valence-electron chi connectivity index (χ3n) is 2.54. The van der Waals surface area contributed by atoms with Gasteiger partial charge in [0.05, 0.1) is 11.1 Å². The van der Waals surface area contributed by atoms with Gasteiger partial charge in [-0.25, -0.2) is 0 Å². The summed E-state index contributed by atoms with van der Waals surface area (Å²) in [6, 6.07) is 15.9. The van der Waals surface area contributed by atoms with E-state index < -0.39 is 0 Å². The molecule has 1 heterocycles. The van der Waals surface area contributed by atoms with Crippen molar-refractivity contribution in [3.63, 3.8) is 0 Å². The number of hydrogen-bond acceptors (Lipinski definition) is 2. The number of phenolic OH excluding ortho intramolecular Hbond substituents is 1.